The first-order valence-electron chi connectivity index (χ1n) is 14.4. The predicted molar refractivity (Wildman–Crippen MR) is 164 cm³/mol. The van der Waals surface area contributed by atoms with Crippen LogP contribution in [0.1, 0.15) is 30.7 Å². The topological polar surface area (TPSA) is 121 Å². The number of nitro benzene ring substituents is 1. The Morgan fingerprint density at radius 1 is 1.10 bits per heavy atom. The summed E-state index contributed by atoms with van der Waals surface area (Å²) in [7, 11) is 0. The molecule has 2 aliphatic heterocycles. The molecule has 0 aliphatic carbocycles. The minimum absolute atomic E-state index is 0.0407. The fraction of sp³-hybridized carbons (Fsp3) is 0.467. The molecule has 1 amide bonds. The predicted octanol–water partition coefficient (Wildman–Crippen LogP) is 2.98. The summed E-state index contributed by atoms with van der Waals surface area (Å²) in [5.41, 5.74) is 2.18. The number of piperazine rings is 1. The van der Waals surface area contributed by atoms with E-state index in [2.05, 4.69) is 35.1 Å². The van der Waals surface area contributed by atoms with E-state index in [4.69, 9.17) is 9.97 Å². The van der Waals surface area contributed by atoms with E-state index in [0.717, 1.165) is 31.7 Å². The summed E-state index contributed by atoms with van der Waals surface area (Å²) < 4.78 is 1.54. The van der Waals surface area contributed by atoms with Crippen LogP contribution in [0.2, 0.25) is 0 Å². The first-order valence-corrected chi connectivity index (χ1v) is 14.4. The molecule has 0 N–H and O–H groups in total. The number of pyridine rings is 1. The molecule has 2 saturated heterocycles. The van der Waals surface area contributed by atoms with Gasteiger partial charge in [0.1, 0.15) is 11.3 Å². The Balaban J connectivity index is 1.65. The zero-order chi connectivity index (χ0) is 30.3. The Bertz CT molecular complexity index is 1620. The molecule has 42 heavy (non-hydrogen) atoms. The lowest BCUT2D eigenvalue weighted by Crippen LogP contribution is -2.60. The molecule has 2 fully saturated rings. The highest BCUT2D eigenvalue weighted by Gasteiger charge is 2.34. The first-order chi connectivity index (χ1) is 20.1. The molecule has 2 aliphatic rings. The highest BCUT2D eigenvalue weighted by molar-refractivity contribution is 5.91. The van der Waals surface area contributed by atoms with E-state index in [1.54, 1.807) is 17.9 Å². The smallest absolute Gasteiger partial charge is 0.282 e. The molecule has 0 unspecified atom stereocenters. The average molecular weight is 575 g/mol. The van der Waals surface area contributed by atoms with E-state index in [1.165, 1.54) is 16.7 Å². The summed E-state index contributed by atoms with van der Waals surface area (Å²) >= 11 is 0. The standard InChI is InChI=1S/C30H38N8O4/c1-7-25(39)34-12-14-35(15-13-34)28-23-16-20(5)37(27-19(4)10-11-24(21(27)6)38(41)42)29(40)26(23)31-30(32-28)36-17-22(18-36)33(8-2)9-3/h7,10-11,16,22H,1,8-9,12-15,17-18H2,2-6H3. The van der Waals surface area contributed by atoms with Crippen LogP contribution in [0.3, 0.4) is 0 Å². The van der Waals surface area contributed by atoms with E-state index in [9.17, 15) is 19.7 Å². The van der Waals surface area contributed by atoms with Crippen molar-refractivity contribution in [1.29, 1.82) is 0 Å². The van der Waals surface area contributed by atoms with Gasteiger partial charge in [-0.05, 0) is 51.6 Å². The van der Waals surface area contributed by atoms with Crippen molar-refractivity contribution in [3.8, 4) is 5.69 Å². The molecule has 1 aromatic carbocycles. The number of nitrogens with zero attached hydrogens (tertiary/aromatic N) is 8. The number of likely N-dealkylation sites (N-methyl/N-ethyl adjacent to an activating group) is 1. The van der Waals surface area contributed by atoms with Gasteiger partial charge in [-0.25, -0.2) is 4.98 Å². The van der Waals surface area contributed by atoms with Crippen molar-refractivity contribution in [2.45, 2.75) is 40.7 Å². The monoisotopic (exact) mass is 574 g/mol. The number of anilines is 2. The van der Waals surface area contributed by atoms with E-state index in [0.29, 0.717) is 66.3 Å². The lowest BCUT2D eigenvalue weighted by Gasteiger charge is -2.45. The Kier molecular flexibility index (Phi) is 8.00. The summed E-state index contributed by atoms with van der Waals surface area (Å²) in [5, 5.41) is 12.4. The Labute approximate surface area is 245 Å². The molecule has 0 spiro atoms. The van der Waals surface area contributed by atoms with Crippen molar-refractivity contribution in [3.05, 3.63) is 68.1 Å². The van der Waals surface area contributed by atoms with Gasteiger partial charge >= 0.3 is 0 Å². The van der Waals surface area contributed by atoms with Gasteiger partial charge in [-0.1, -0.05) is 26.5 Å². The van der Waals surface area contributed by atoms with Gasteiger partial charge in [0.05, 0.1) is 21.6 Å². The molecule has 222 valence electrons. The first kappa shape index (κ1) is 29.2. The maximum absolute atomic E-state index is 14.3. The van der Waals surface area contributed by atoms with Crippen LogP contribution in [0.25, 0.3) is 16.6 Å². The Morgan fingerprint density at radius 3 is 2.36 bits per heavy atom. The molecule has 12 heteroatoms. The molecule has 0 bridgehead atoms. The van der Waals surface area contributed by atoms with Gasteiger partial charge in [-0.3, -0.25) is 29.2 Å². The van der Waals surface area contributed by atoms with E-state index >= 15 is 0 Å². The molecule has 0 atom stereocenters. The third-order valence-electron chi connectivity index (χ3n) is 8.59. The molecular formula is C30H38N8O4. The zero-order valence-electron chi connectivity index (χ0n) is 25.0. The highest BCUT2D eigenvalue weighted by Crippen LogP contribution is 2.32. The summed E-state index contributed by atoms with van der Waals surface area (Å²) in [4.78, 5) is 56.0. The SMILES string of the molecule is C=CC(=O)N1CCN(c2nc(N3CC(N(CC)CC)C3)nc3c(=O)n(-c4c(C)ccc([N+](=O)[O-])c4C)c(C)cc23)CC1. The maximum Gasteiger partial charge on any atom is 0.282 e. The molecule has 0 radical (unpaired) electrons. The van der Waals surface area contributed by atoms with Crippen molar-refractivity contribution in [2.24, 2.45) is 0 Å². The van der Waals surface area contributed by atoms with Crippen molar-refractivity contribution in [3.63, 3.8) is 0 Å². The number of aromatic nitrogens is 3. The number of aryl methyl sites for hydroxylation is 2. The number of fused-ring (bicyclic) bond motifs is 1. The van der Waals surface area contributed by atoms with Crippen LogP contribution in [0.5, 0.6) is 0 Å². The quantitative estimate of drug-likeness (QED) is 0.227. The van der Waals surface area contributed by atoms with Crippen molar-refractivity contribution in [2.75, 3.05) is 62.2 Å². The van der Waals surface area contributed by atoms with Crippen LogP contribution in [0, 0.1) is 30.9 Å². The lowest BCUT2D eigenvalue weighted by atomic mass is 10.1. The normalized spacial score (nSPS) is 15.8. The number of benzene rings is 1. The summed E-state index contributed by atoms with van der Waals surface area (Å²) in [5.74, 6) is 1.05. The minimum atomic E-state index is -0.426. The number of amides is 1. The maximum atomic E-state index is 14.3. The van der Waals surface area contributed by atoms with E-state index in [-0.39, 0.29) is 22.7 Å². The molecular weight excluding hydrogens is 536 g/mol. The number of hydrogen-bond acceptors (Lipinski definition) is 9. The Hall–Kier alpha value is -4.32. The van der Waals surface area contributed by atoms with E-state index < -0.39 is 4.92 Å². The van der Waals surface area contributed by atoms with Crippen LogP contribution in [-0.4, -0.2) is 93.6 Å². The van der Waals surface area contributed by atoms with Gasteiger partial charge < -0.3 is 14.7 Å². The summed E-state index contributed by atoms with van der Waals surface area (Å²) in [6.07, 6.45) is 1.33. The zero-order valence-corrected chi connectivity index (χ0v) is 25.0. The summed E-state index contributed by atoms with van der Waals surface area (Å²) in [6, 6.07) is 5.43. The Morgan fingerprint density at radius 2 is 1.76 bits per heavy atom. The van der Waals surface area contributed by atoms with Crippen LogP contribution < -0.4 is 15.4 Å². The van der Waals surface area contributed by atoms with Gasteiger partial charge in [0.25, 0.3) is 11.2 Å². The highest BCUT2D eigenvalue weighted by atomic mass is 16.6. The van der Waals surface area contributed by atoms with Crippen LogP contribution in [0.15, 0.2) is 35.6 Å². The number of rotatable bonds is 8. The third-order valence-corrected chi connectivity index (χ3v) is 8.59. The van der Waals surface area contributed by atoms with Crippen LogP contribution in [0.4, 0.5) is 17.5 Å². The third kappa shape index (κ3) is 5.00. The second-order valence-electron chi connectivity index (χ2n) is 11.0. The second-order valence-corrected chi connectivity index (χ2v) is 11.0. The van der Waals surface area contributed by atoms with Gasteiger partial charge in [0.2, 0.25) is 11.9 Å². The minimum Gasteiger partial charge on any atom is -0.352 e. The van der Waals surface area contributed by atoms with E-state index in [1.807, 2.05) is 19.9 Å². The van der Waals surface area contributed by atoms with Gasteiger partial charge in [0.15, 0.2) is 0 Å². The number of carbonyl (C=O) groups is 1. The number of nitro groups is 1. The summed E-state index contributed by atoms with van der Waals surface area (Å²) in [6.45, 7) is 18.8. The van der Waals surface area contributed by atoms with Crippen molar-refractivity contribution < 1.29 is 9.72 Å². The molecule has 4 heterocycles. The van der Waals surface area contributed by atoms with Crippen LogP contribution >= 0.6 is 0 Å². The fourth-order valence-corrected chi connectivity index (χ4v) is 6.17. The van der Waals surface area contributed by atoms with Gasteiger partial charge in [0, 0.05) is 57.1 Å². The van der Waals surface area contributed by atoms with Crippen LogP contribution in [-0.2, 0) is 4.79 Å². The molecule has 3 aromatic rings. The van der Waals surface area contributed by atoms with Crippen molar-refractivity contribution in [1.82, 2.24) is 24.3 Å². The van der Waals surface area contributed by atoms with Gasteiger partial charge in [-0.2, -0.15) is 4.98 Å². The average Bonchev–Trinajstić information content (AvgIpc) is 2.95. The second kappa shape index (κ2) is 11.5. The molecule has 5 rings (SSSR count). The van der Waals surface area contributed by atoms with Crippen molar-refractivity contribution >= 4 is 34.3 Å². The van der Waals surface area contributed by atoms with Gasteiger partial charge in [-0.15, -0.1) is 0 Å². The largest absolute Gasteiger partial charge is 0.352 e. The molecule has 12 nitrogen and oxygen atoms in total. The molecule has 2 aromatic heterocycles. The number of hydrogen-bond donors (Lipinski definition) is 0. The molecule has 0 saturated carbocycles. The number of carbonyl (C=O) groups excluding carboxylic acids is 1. The fourth-order valence-electron chi connectivity index (χ4n) is 6.17. The lowest BCUT2D eigenvalue weighted by molar-refractivity contribution is -0.385.